The molecule has 59 heavy (non-hydrogen) atoms. The molecule has 3 N–H and O–H groups in total. The van der Waals surface area contributed by atoms with E-state index in [0.717, 1.165) is 28.8 Å². The SMILES string of the molecule is CC(C)(C)OC(=O)NC1(C(=O)OCOC(=O)/C=C/c2ccc(Cn3ccnc3)cc2)CC1.Cl.Cl.NC1(C(=O)OCOC(=O)/C=C/c2ccc(Cn3ccnc3)cc2)CC1. The van der Waals surface area contributed by atoms with Crippen LogP contribution in [0.4, 0.5) is 4.79 Å². The van der Waals surface area contributed by atoms with E-state index in [0.29, 0.717) is 32.2 Å². The molecule has 2 aliphatic carbocycles. The van der Waals surface area contributed by atoms with Crippen LogP contribution in [-0.4, -0.2) is 79.3 Å². The highest BCUT2D eigenvalue weighted by Gasteiger charge is 2.53. The molecule has 2 fully saturated rings. The highest BCUT2D eigenvalue weighted by molar-refractivity contribution is 5.90. The summed E-state index contributed by atoms with van der Waals surface area (Å²) in [6, 6.07) is 15.4. The van der Waals surface area contributed by atoms with E-state index in [2.05, 4.69) is 15.3 Å². The third kappa shape index (κ3) is 16.1. The fourth-order valence-electron chi connectivity index (χ4n) is 4.98. The zero-order chi connectivity index (χ0) is 40.9. The maximum absolute atomic E-state index is 12.2. The number of esters is 4. The molecule has 4 aromatic rings. The smallest absolute Gasteiger partial charge is 0.408 e. The predicted molar refractivity (Wildman–Crippen MR) is 220 cm³/mol. The first-order valence-corrected chi connectivity index (χ1v) is 18.1. The van der Waals surface area contributed by atoms with Gasteiger partial charge >= 0.3 is 30.0 Å². The molecule has 2 aromatic heterocycles. The monoisotopic (exact) mass is 854 g/mol. The van der Waals surface area contributed by atoms with Crippen molar-refractivity contribution in [3.8, 4) is 0 Å². The number of hydrogen-bond acceptors (Lipinski definition) is 13. The topological polar surface area (TPSA) is 205 Å². The Kier molecular flexibility index (Phi) is 17.4. The van der Waals surface area contributed by atoms with Crippen molar-refractivity contribution in [2.24, 2.45) is 5.73 Å². The molecule has 2 saturated carbocycles. The lowest BCUT2D eigenvalue weighted by Gasteiger charge is -2.22. The number of aromatic nitrogens is 4. The third-order valence-electron chi connectivity index (χ3n) is 8.49. The molecule has 1 amide bonds. The van der Waals surface area contributed by atoms with Gasteiger partial charge in [0, 0.05) is 50.0 Å². The molecule has 0 atom stereocenters. The zero-order valence-corrected chi connectivity index (χ0v) is 34.4. The molecule has 2 heterocycles. The Hall–Kier alpha value is -5.97. The van der Waals surface area contributed by atoms with Crippen LogP contribution >= 0.6 is 24.8 Å². The number of benzene rings is 2. The number of amides is 1. The number of ether oxygens (including phenoxy) is 5. The van der Waals surface area contributed by atoms with Gasteiger partial charge in [0.15, 0.2) is 0 Å². The number of hydrogen-bond donors (Lipinski definition) is 2. The second-order valence-electron chi connectivity index (χ2n) is 14.5. The van der Waals surface area contributed by atoms with Gasteiger partial charge in [-0.25, -0.2) is 33.9 Å². The summed E-state index contributed by atoms with van der Waals surface area (Å²) in [6.45, 7) is 5.67. The predicted octanol–water partition coefficient (Wildman–Crippen LogP) is 5.37. The van der Waals surface area contributed by atoms with Crippen molar-refractivity contribution in [2.45, 2.75) is 76.2 Å². The van der Waals surface area contributed by atoms with E-state index in [-0.39, 0.29) is 24.8 Å². The van der Waals surface area contributed by atoms with Gasteiger partial charge < -0.3 is 43.9 Å². The first kappa shape index (κ1) is 47.4. The van der Waals surface area contributed by atoms with Crippen LogP contribution < -0.4 is 11.1 Å². The van der Waals surface area contributed by atoms with Gasteiger partial charge in [0.05, 0.1) is 12.7 Å². The van der Waals surface area contributed by atoms with Gasteiger partial charge in [-0.3, -0.25) is 0 Å². The largest absolute Gasteiger partial charge is 0.444 e. The molecule has 0 bridgehead atoms. The molecular weight excluding hydrogens is 807 g/mol. The maximum Gasteiger partial charge on any atom is 0.408 e. The molecule has 18 heteroatoms. The lowest BCUT2D eigenvalue weighted by atomic mass is 10.1. The minimum Gasteiger partial charge on any atom is -0.444 e. The van der Waals surface area contributed by atoms with Gasteiger partial charge in [-0.2, -0.15) is 0 Å². The number of nitrogens with one attached hydrogen (secondary N) is 1. The van der Waals surface area contributed by atoms with Crippen LogP contribution in [-0.2, 0) is 56.0 Å². The second-order valence-corrected chi connectivity index (χ2v) is 14.5. The number of carbonyl (C=O) groups is 5. The lowest BCUT2D eigenvalue weighted by Crippen LogP contribution is -2.46. The number of nitrogens with two attached hydrogens (primary N) is 1. The van der Waals surface area contributed by atoms with Crippen molar-refractivity contribution in [3.05, 3.63) is 120 Å². The molecule has 316 valence electrons. The second kappa shape index (κ2) is 21.7. The van der Waals surface area contributed by atoms with Crippen molar-refractivity contribution in [1.82, 2.24) is 24.4 Å². The van der Waals surface area contributed by atoms with E-state index in [1.165, 1.54) is 12.2 Å². The van der Waals surface area contributed by atoms with Gasteiger partial charge in [0.25, 0.3) is 0 Å². The van der Waals surface area contributed by atoms with Crippen LogP contribution in [0.3, 0.4) is 0 Å². The number of imidazole rings is 2. The summed E-state index contributed by atoms with van der Waals surface area (Å²) >= 11 is 0. The van der Waals surface area contributed by atoms with Crippen LogP contribution in [0.15, 0.2) is 98.1 Å². The molecule has 2 aliphatic rings. The van der Waals surface area contributed by atoms with Gasteiger partial charge in [-0.05, 0) is 80.9 Å². The van der Waals surface area contributed by atoms with Crippen molar-refractivity contribution < 1.29 is 47.7 Å². The average molecular weight is 856 g/mol. The van der Waals surface area contributed by atoms with E-state index in [1.54, 1.807) is 58.0 Å². The van der Waals surface area contributed by atoms with Crippen LogP contribution in [0.2, 0.25) is 0 Å². The van der Waals surface area contributed by atoms with Crippen LogP contribution in [0.1, 0.15) is 68.7 Å². The van der Waals surface area contributed by atoms with Crippen LogP contribution in [0, 0.1) is 0 Å². The fraction of sp³-hybridized carbons (Fsp3) is 0.341. The van der Waals surface area contributed by atoms with Crippen LogP contribution in [0.5, 0.6) is 0 Å². The summed E-state index contributed by atoms with van der Waals surface area (Å²) in [4.78, 5) is 67.1. The van der Waals surface area contributed by atoms with Gasteiger partial charge in [0.1, 0.15) is 16.7 Å². The van der Waals surface area contributed by atoms with Gasteiger partial charge in [0.2, 0.25) is 13.6 Å². The van der Waals surface area contributed by atoms with Crippen molar-refractivity contribution in [1.29, 1.82) is 0 Å². The number of nitrogens with zero attached hydrogens (tertiary/aromatic N) is 4. The van der Waals surface area contributed by atoms with E-state index < -0.39 is 60.2 Å². The van der Waals surface area contributed by atoms with Gasteiger partial charge in [-0.1, -0.05) is 48.5 Å². The van der Waals surface area contributed by atoms with E-state index in [1.807, 2.05) is 70.1 Å². The van der Waals surface area contributed by atoms with Crippen molar-refractivity contribution >= 4 is 66.9 Å². The summed E-state index contributed by atoms with van der Waals surface area (Å²) in [7, 11) is 0. The summed E-state index contributed by atoms with van der Waals surface area (Å²) in [5.74, 6) is -2.42. The average Bonchev–Trinajstić information content (AvgIpc) is 3.97. The molecule has 2 aromatic carbocycles. The Morgan fingerprint density at radius 3 is 1.51 bits per heavy atom. The molecule has 6 rings (SSSR count). The minimum absolute atomic E-state index is 0. The summed E-state index contributed by atoms with van der Waals surface area (Å²) in [5, 5.41) is 2.53. The Morgan fingerprint density at radius 2 is 1.14 bits per heavy atom. The van der Waals surface area contributed by atoms with E-state index >= 15 is 0 Å². The van der Waals surface area contributed by atoms with Crippen molar-refractivity contribution in [3.63, 3.8) is 0 Å². The number of halogens is 2. The molecule has 0 spiro atoms. The van der Waals surface area contributed by atoms with Gasteiger partial charge in [-0.15, -0.1) is 24.8 Å². The highest BCUT2D eigenvalue weighted by Crippen LogP contribution is 2.37. The number of carbonyl (C=O) groups excluding carboxylic acids is 5. The molecular formula is C41H48Cl2N6O10. The molecule has 0 aliphatic heterocycles. The normalized spacial score (nSPS) is 14.3. The molecule has 0 radical (unpaired) electrons. The lowest BCUT2D eigenvalue weighted by molar-refractivity contribution is -0.167. The Morgan fingerprint density at radius 1 is 0.695 bits per heavy atom. The summed E-state index contributed by atoms with van der Waals surface area (Å²) in [6.07, 6.45) is 17.9. The summed E-state index contributed by atoms with van der Waals surface area (Å²) < 4.78 is 28.6. The maximum atomic E-state index is 12.2. The standard InChI is InChI=1S/C23H27N3O6.C18H19N3O4.2ClH/c1-22(2,3)32-21(29)25-23(10-11-23)20(28)31-16-30-19(27)9-8-17-4-6-18(7-5-17)14-26-13-12-24-15-26;19-18(7-8-18)17(23)25-13-24-16(22)6-5-14-1-3-15(4-2-14)11-21-10-9-20-12-21;;/h4-9,12-13,15H,10-11,14,16H2,1-3H3,(H,25,29);1-6,9-10,12H,7-8,11,13,19H2;2*1H/b9-8+;6-5+;;. The Balaban J connectivity index is 0.000000313. The highest BCUT2D eigenvalue weighted by atomic mass is 35.5. The van der Waals surface area contributed by atoms with Crippen LogP contribution in [0.25, 0.3) is 12.2 Å². The first-order valence-electron chi connectivity index (χ1n) is 18.1. The number of rotatable bonds is 15. The third-order valence-corrected chi connectivity index (χ3v) is 8.49. The minimum atomic E-state index is -1.11. The first-order chi connectivity index (χ1) is 27.2. The van der Waals surface area contributed by atoms with Crippen molar-refractivity contribution in [2.75, 3.05) is 13.6 Å². The quantitative estimate of drug-likeness (QED) is 0.0669. The zero-order valence-electron chi connectivity index (χ0n) is 32.8. The molecule has 16 nitrogen and oxygen atoms in total. The summed E-state index contributed by atoms with van der Waals surface area (Å²) in [5.41, 5.74) is 6.92. The van der Waals surface area contributed by atoms with E-state index in [9.17, 15) is 24.0 Å². The Labute approximate surface area is 353 Å². The molecule has 0 unspecified atom stereocenters. The van der Waals surface area contributed by atoms with E-state index in [4.69, 9.17) is 29.4 Å². The molecule has 0 saturated heterocycles. The Bertz CT molecular complexity index is 2040. The fourth-order valence-corrected chi connectivity index (χ4v) is 4.98. The number of alkyl carbamates (subject to hydrolysis) is 1.